The number of hydrogen-bond donors (Lipinski definition) is 0. The molecule has 1 saturated heterocycles. The van der Waals surface area contributed by atoms with Crippen LogP contribution in [0.5, 0.6) is 0 Å². The second kappa shape index (κ2) is 6.16. The van der Waals surface area contributed by atoms with Crippen molar-refractivity contribution in [3.05, 3.63) is 64.6 Å². The van der Waals surface area contributed by atoms with Crippen LogP contribution >= 0.6 is 0 Å². The summed E-state index contributed by atoms with van der Waals surface area (Å²) < 4.78 is 40.6. The van der Waals surface area contributed by atoms with Gasteiger partial charge in [0, 0.05) is 24.7 Å². The largest absolute Gasteiger partial charge is 0.416 e. The molecule has 0 spiro atoms. The second-order valence-corrected chi connectivity index (χ2v) is 6.33. The number of hydrogen-bond acceptors (Lipinski definition) is 3. The van der Waals surface area contributed by atoms with Gasteiger partial charge in [0.15, 0.2) is 0 Å². The molecule has 0 atom stereocenters. The first-order valence-corrected chi connectivity index (χ1v) is 8.38. The monoisotopic (exact) mass is 359 g/mol. The van der Waals surface area contributed by atoms with Crippen LogP contribution in [0.3, 0.4) is 0 Å². The molecule has 0 unspecified atom stereocenters. The highest BCUT2D eigenvalue weighted by atomic mass is 19.4. The summed E-state index contributed by atoms with van der Waals surface area (Å²) in [5.41, 5.74) is -0.135. The minimum Gasteiger partial charge on any atom is -0.367 e. The average molecular weight is 359 g/mol. The number of rotatable bonds is 2. The zero-order chi connectivity index (χ0) is 18.3. The lowest BCUT2D eigenvalue weighted by molar-refractivity contribution is -0.137. The third-order valence-electron chi connectivity index (χ3n) is 4.62. The number of halogens is 3. The molecular formula is C19H16F3N3O. The zero-order valence-corrected chi connectivity index (χ0v) is 13.8. The molecule has 4 rings (SSSR count). The van der Waals surface area contributed by atoms with Crippen molar-refractivity contribution in [2.45, 2.75) is 19.0 Å². The molecule has 3 aromatic rings. The number of benzene rings is 1. The first-order valence-electron chi connectivity index (χ1n) is 8.38. The predicted molar refractivity (Wildman–Crippen MR) is 93.8 cm³/mol. The Morgan fingerprint density at radius 1 is 1.00 bits per heavy atom. The molecule has 134 valence electrons. The smallest absolute Gasteiger partial charge is 0.367 e. The van der Waals surface area contributed by atoms with Gasteiger partial charge in [-0.15, -0.1) is 0 Å². The highest BCUT2D eigenvalue weighted by molar-refractivity contribution is 5.80. The molecule has 0 amide bonds. The summed E-state index contributed by atoms with van der Waals surface area (Å²) in [6.45, 7) is 1.53. The van der Waals surface area contributed by atoms with Crippen LogP contribution in [0, 0.1) is 0 Å². The van der Waals surface area contributed by atoms with Gasteiger partial charge in [0.05, 0.1) is 11.3 Å². The Kier molecular flexibility index (Phi) is 3.94. The minimum atomic E-state index is -4.48. The molecule has 1 fully saturated rings. The number of anilines is 1. The molecule has 26 heavy (non-hydrogen) atoms. The van der Waals surface area contributed by atoms with Gasteiger partial charge in [0.1, 0.15) is 11.3 Å². The molecule has 1 aromatic carbocycles. The third kappa shape index (κ3) is 2.83. The molecule has 4 nitrogen and oxygen atoms in total. The van der Waals surface area contributed by atoms with Crippen LogP contribution in [0.1, 0.15) is 18.4 Å². The summed E-state index contributed by atoms with van der Waals surface area (Å²) >= 11 is 0. The highest BCUT2D eigenvalue weighted by Gasteiger charge is 2.31. The highest BCUT2D eigenvalue weighted by Crippen LogP contribution is 2.31. The Morgan fingerprint density at radius 2 is 1.77 bits per heavy atom. The maximum atomic E-state index is 13.1. The van der Waals surface area contributed by atoms with Gasteiger partial charge in [0.2, 0.25) is 0 Å². The summed E-state index contributed by atoms with van der Waals surface area (Å²) in [4.78, 5) is 19.4. The van der Waals surface area contributed by atoms with Crippen LogP contribution in [0.4, 0.5) is 18.9 Å². The third-order valence-corrected chi connectivity index (χ3v) is 4.62. The van der Waals surface area contributed by atoms with Gasteiger partial charge in [-0.05, 0) is 49.2 Å². The van der Waals surface area contributed by atoms with Crippen LogP contribution in [0.25, 0.3) is 16.7 Å². The average Bonchev–Trinajstić information content (AvgIpc) is 3.15. The van der Waals surface area contributed by atoms with Crippen molar-refractivity contribution in [1.29, 1.82) is 0 Å². The molecule has 0 N–H and O–H groups in total. The van der Waals surface area contributed by atoms with E-state index in [0.29, 0.717) is 16.7 Å². The lowest BCUT2D eigenvalue weighted by Gasteiger charge is -2.20. The fourth-order valence-electron chi connectivity index (χ4n) is 3.37. The van der Waals surface area contributed by atoms with Crippen molar-refractivity contribution in [1.82, 2.24) is 9.55 Å². The van der Waals surface area contributed by atoms with E-state index in [0.717, 1.165) is 38.1 Å². The van der Waals surface area contributed by atoms with Crippen molar-refractivity contribution >= 4 is 16.7 Å². The Balaban J connectivity index is 1.99. The molecule has 1 aliphatic rings. The van der Waals surface area contributed by atoms with Gasteiger partial charge in [-0.1, -0.05) is 6.07 Å². The summed E-state index contributed by atoms with van der Waals surface area (Å²) in [6.07, 6.45) is -0.959. The maximum Gasteiger partial charge on any atom is 0.416 e. The number of aromatic nitrogens is 2. The van der Waals surface area contributed by atoms with Gasteiger partial charge >= 0.3 is 6.18 Å². The Hall–Kier alpha value is -2.83. The molecule has 1 aliphatic heterocycles. The lowest BCUT2D eigenvalue weighted by Crippen LogP contribution is -2.30. The Bertz CT molecular complexity index is 1020. The molecule has 0 aliphatic carbocycles. The normalized spacial score (nSPS) is 15.0. The van der Waals surface area contributed by atoms with Gasteiger partial charge < -0.3 is 4.90 Å². The SMILES string of the molecule is O=c1c(N2CCCC2)cc2cccnc2n1-c1cccc(C(F)(F)F)c1. The molecule has 7 heteroatoms. The Morgan fingerprint density at radius 3 is 2.50 bits per heavy atom. The molecule has 0 bridgehead atoms. The minimum absolute atomic E-state index is 0.162. The molecule has 0 saturated carbocycles. The van der Waals surface area contributed by atoms with Crippen LogP contribution in [-0.4, -0.2) is 22.6 Å². The van der Waals surface area contributed by atoms with E-state index in [1.54, 1.807) is 12.1 Å². The van der Waals surface area contributed by atoms with Crippen molar-refractivity contribution in [2.24, 2.45) is 0 Å². The number of fused-ring (bicyclic) bond motifs is 1. The summed E-state index contributed by atoms with van der Waals surface area (Å²) in [7, 11) is 0. The number of nitrogens with zero attached hydrogens (tertiary/aromatic N) is 3. The first kappa shape index (κ1) is 16.6. The Labute approximate surface area is 147 Å². The van der Waals surface area contributed by atoms with Crippen LogP contribution in [-0.2, 0) is 6.18 Å². The zero-order valence-electron chi connectivity index (χ0n) is 13.8. The van der Waals surface area contributed by atoms with E-state index in [-0.39, 0.29) is 11.2 Å². The van der Waals surface area contributed by atoms with E-state index in [1.807, 2.05) is 11.0 Å². The molecule has 0 radical (unpaired) electrons. The fraction of sp³-hybridized carbons (Fsp3) is 0.263. The van der Waals surface area contributed by atoms with Gasteiger partial charge in [-0.3, -0.25) is 9.36 Å². The number of pyridine rings is 2. The summed E-state index contributed by atoms with van der Waals surface area (Å²) in [5.74, 6) is 0. The molecule has 3 heterocycles. The van der Waals surface area contributed by atoms with Gasteiger partial charge in [0.25, 0.3) is 5.56 Å². The lowest BCUT2D eigenvalue weighted by atomic mass is 10.1. The molecule has 2 aromatic heterocycles. The van der Waals surface area contributed by atoms with Crippen molar-refractivity contribution < 1.29 is 13.2 Å². The fourth-order valence-corrected chi connectivity index (χ4v) is 3.37. The maximum absolute atomic E-state index is 13.1. The molecular weight excluding hydrogens is 343 g/mol. The standard InChI is InChI=1S/C19H16F3N3O/c20-19(21,22)14-6-3-7-15(12-14)25-17-13(5-4-8-23-17)11-16(18(25)26)24-9-1-2-10-24/h3-8,11-12H,1-2,9-10H2. The summed E-state index contributed by atoms with van der Waals surface area (Å²) in [5, 5.41) is 0.714. The first-order chi connectivity index (χ1) is 12.4. The van der Waals surface area contributed by atoms with Gasteiger partial charge in [-0.25, -0.2) is 4.98 Å². The van der Waals surface area contributed by atoms with E-state index in [9.17, 15) is 18.0 Å². The van der Waals surface area contributed by atoms with E-state index in [1.165, 1.54) is 22.9 Å². The quantitative estimate of drug-likeness (QED) is 0.694. The van der Waals surface area contributed by atoms with Crippen molar-refractivity contribution in [2.75, 3.05) is 18.0 Å². The van der Waals surface area contributed by atoms with E-state index >= 15 is 0 Å². The van der Waals surface area contributed by atoms with E-state index in [2.05, 4.69) is 4.98 Å². The van der Waals surface area contributed by atoms with Crippen LogP contribution in [0.2, 0.25) is 0 Å². The van der Waals surface area contributed by atoms with E-state index in [4.69, 9.17) is 0 Å². The van der Waals surface area contributed by atoms with Gasteiger partial charge in [-0.2, -0.15) is 13.2 Å². The second-order valence-electron chi connectivity index (χ2n) is 6.33. The van der Waals surface area contributed by atoms with Crippen LogP contribution in [0.15, 0.2) is 53.5 Å². The van der Waals surface area contributed by atoms with Crippen molar-refractivity contribution in [3.8, 4) is 5.69 Å². The predicted octanol–water partition coefficient (Wildman–Crippen LogP) is 4.00. The van der Waals surface area contributed by atoms with Crippen LogP contribution < -0.4 is 10.5 Å². The summed E-state index contributed by atoms with van der Waals surface area (Å²) in [6, 6.07) is 10.1. The number of alkyl halides is 3. The van der Waals surface area contributed by atoms with Crippen molar-refractivity contribution in [3.63, 3.8) is 0 Å². The van der Waals surface area contributed by atoms with E-state index < -0.39 is 11.7 Å². The topological polar surface area (TPSA) is 38.1 Å².